The quantitative estimate of drug-likeness (QED) is 0.715. The first kappa shape index (κ1) is 8.75. The van der Waals surface area contributed by atoms with Gasteiger partial charge in [0.15, 0.2) is 0 Å². The smallest absolute Gasteiger partial charge is 0.140 e. The number of nitrogens with two attached hydrogens (primary N) is 1. The van der Waals surface area contributed by atoms with E-state index in [1.54, 1.807) is 0 Å². The molecule has 2 N–H and O–H groups in total. The number of hydrogen-bond acceptors (Lipinski definition) is 3. The highest BCUT2D eigenvalue weighted by Gasteiger charge is 2.29. The fourth-order valence-corrected chi connectivity index (χ4v) is 1.95. The number of rotatable bonds is 1. The molecule has 0 unspecified atom stereocenters. The molecule has 2 rings (SSSR count). The van der Waals surface area contributed by atoms with E-state index in [2.05, 4.69) is 19.0 Å². The average molecular weight is 180 g/mol. The molecule has 1 aromatic heterocycles. The zero-order chi connectivity index (χ0) is 9.47. The SMILES string of the molecule is CC1(C)CCc2c(CN)noc2C1. The van der Waals surface area contributed by atoms with Gasteiger partial charge in [-0.1, -0.05) is 19.0 Å². The van der Waals surface area contributed by atoms with Crippen molar-refractivity contribution in [3.05, 3.63) is 17.0 Å². The molecule has 3 heteroatoms. The van der Waals surface area contributed by atoms with Crippen LogP contribution in [0.5, 0.6) is 0 Å². The molecule has 0 aliphatic heterocycles. The Morgan fingerprint density at radius 2 is 2.31 bits per heavy atom. The first-order valence-corrected chi connectivity index (χ1v) is 4.79. The predicted octanol–water partition coefficient (Wildman–Crippen LogP) is 1.65. The van der Waals surface area contributed by atoms with Crippen LogP contribution < -0.4 is 5.73 Å². The molecule has 0 aromatic carbocycles. The molecule has 0 bridgehead atoms. The van der Waals surface area contributed by atoms with Crippen LogP contribution in [0.3, 0.4) is 0 Å². The minimum absolute atomic E-state index is 0.360. The third-order valence-electron chi connectivity index (χ3n) is 2.84. The van der Waals surface area contributed by atoms with Gasteiger partial charge in [0.1, 0.15) is 11.5 Å². The van der Waals surface area contributed by atoms with Crippen molar-refractivity contribution in [2.24, 2.45) is 11.1 Å². The lowest BCUT2D eigenvalue weighted by Crippen LogP contribution is -2.21. The second-order valence-corrected chi connectivity index (χ2v) is 4.58. The van der Waals surface area contributed by atoms with Crippen LogP contribution in [-0.2, 0) is 19.4 Å². The normalized spacial score (nSPS) is 19.9. The Morgan fingerprint density at radius 3 is 3.00 bits per heavy atom. The van der Waals surface area contributed by atoms with Gasteiger partial charge < -0.3 is 10.3 Å². The van der Waals surface area contributed by atoms with Gasteiger partial charge >= 0.3 is 0 Å². The van der Waals surface area contributed by atoms with E-state index in [4.69, 9.17) is 10.3 Å². The molecular weight excluding hydrogens is 164 g/mol. The van der Waals surface area contributed by atoms with Gasteiger partial charge in [-0.25, -0.2) is 0 Å². The minimum atomic E-state index is 0.360. The van der Waals surface area contributed by atoms with E-state index in [0.717, 1.165) is 24.3 Å². The van der Waals surface area contributed by atoms with Crippen molar-refractivity contribution in [2.45, 2.75) is 39.7 Å². The molecule has 0 atom stereocenters. The zero-order valence-electron chi connectivity index (χ0n) is 8.26. The van der Waals surface area contributed by atoms with Gasteiger partial charge in [0.25, 0.3) is 0 Å². The minimum Gasteiger partial charge on any atom is -0.361 e. The Morgan fingerprint density at radius 1 is 1.54 bits per heavy atom. The molecule has 0 radical (unpaired) electrons. The lowest BCUT2D eigenvalue weighted by Gasteiger charge is -2.27. The van der Waals surface area contributed by atoms with Crippen LogP contribution in [0.25, 0.3) is 0 Å². The Bertz CT molecular complexity index is 315. The summed E-state index contributed by atoms with van der Waals surface area (Å²) in [4.78, 5) is 0. The van der Waals surface area contributed by atoms with Crippen LogP contribution in [0.1, 0.15) is 37.3 Å². The van der Waals surface area contributed by atoms with E-state index in [-0.39, 0.29) is 0 Å². The average Bonchev–Trinajstić information content (AvgIpc) is 2.44. The highest BCUT2D eigenvalue weighted by Crippen LogP contribution is 2.35. The van der Waals surface area contributed by atoms with Gasteiger partial charge in [-0.15, -0.1) is 0 Å². The van der Waals surface area contributed by atoms with Crippen molar-refractivity contribution >= 4 is 0 Å². The van der Waals surface area contributed by atoms with Crippen LogP contribution in [0.4, 0.5) is 0 Å². The maximum Gasteiger partial charge on any atom is 0.140 e. The van der Waals surface area contributed by atoms with E-state index in [9.17, 15) is 0 Å². The predicted molar refractivity (Wildman–Crippen MR) is 50.2 cm³/mol. The molecule has 0 amide bonds. The third-order valence-corrected chi connectivity index (χ3v) is 2.84. The zero-order valence-corrected chi connectivity index (χ0v) is 8.26. The first-order valence-electron chi connectivity index (χ1n) is 4.79. The summed E-state index contributed by atoms with van der Waals surface area (Å²) in [5.41, 5.74) is 8.14. The molecule has 0 saturated carbocycles. The van der Waals surface area contributed by atoms with E-state index < -0.39 is 0 Å². The lowest BCUT2D eigenvalue weighted by atomic mass is 9.77. The molecule has 0 spiro atoms. The number of fused-ring (bicyclic) bond motifs is 1. The second kappa shape index (κ2) is 2.84. The molecule has 1 aliphatic rings. The summed E-state index contributed by atoms with van der Waals surface area (Å²) in [6.45, 7) is 5.03. The van der Waals surface area contributed by atoms with E-state index in [1.807, 2.05) is 0 Å². The maximum absolute atomic E-state index is 5.56. The van der Waals surface area contributed by atoms with Gasteiger partial charge in [0, 0.05) is 18.5 Å². The summed E-state index contributed by atoms with van der Waals surface area (Å²) in [6.07, 6.45) is 3.27. The fraction of sp³-hybridized carbons (Fsp3) is 0.700. The molecule has 0 saturated heterocycles. The second-order valence-electron chi connectivity index (χ2n) is 4.58. The topological polar surface area (TPSA) is 52.0 Å². The van der Waals surface area contributed by atoms with Gasteiger partial charge in [0.05, 0.1) is 0 Å². The van der Waals surface area contributed by atoms with Crippen LogP contribution in [0.2, 0.25) is 0 Å². The van der Waals surface area contributed by atoms with Crippen LogP contribution >= 0.6 is 0 Å². The van der Waals surface area contributed by atoms with Crippen molar-refractivity contribution in [1.82, 2.24) is 5.16 Å². The Balaban J connectivity index is 2.33. The van der Waals surface area contributed by atoms with Gasteiger partial charge in [-0.2, -0.15) is 0 Å². The van der Waals surface area contributed by atoms with Crippen LogP contribution in [-0.4, -0.2) is 5.16 Å². The third kappa shape index (κ3) is 1.48. The summed E-state index contributed by atoms with van der Waals surface area (Å²) in [6, 6.07) is 0. The van der Waals surface area contributed by atoms with E-state index >= 15 is 0 Å². The van der Waals surface area contributed by atoms with Gasteiger partial charge in [0.2, 0.25) is 0 Å². The van der Waals surface area contributed by atoms with Crippen molar-refractivity contribution in [3.8, 4) is 0 Å². The van der Waals surface area contributed by atoms with Crippen molar-refractivity contribution in [1.29, 1.82) is 0 Å². The van der Waals surface area contributed by atoms with Crippen molar-refractivity contribution in [2.75, 3.05) is 0 Å². The molecule has 1 aliphatic carbocycles. The Hall–Kier alpha value is -0.830. The Labute approximate surface area is 78.3 Å². The molecule has 1 aromatic rings. The largest absolute Gasteiger partial charge is 0.361 e. The molecule has 0 fully saturated rings. The number of aromatic nitrogens is 1. The summed E-state index contributed by atoms with van der Waals surface area (Å²) in [5, 5.41) is 3.98. The van der Waals surface area contributed by atoms with Gasteiger partial charge in [-0.3, -0.25) is 0 Å². The molecule has 13 heavy (non-hydrogen) atoms. The first-order chi connectivity index (χ1) is 6.12. The molecule has 72 valence electrons. The molecule has 1 heterocycles. The summed E-state index contributed by atoms with van der Waals surface area (Å²) < 4.78 is 5.28. The summed E-state index contributed by atoms with van der Waals surface area (Å²) in [7, 11) is 0. The van der Waals surface area contributed by atoms with Gasteiger partial charge in [-0.05, 0) is 18.3 Å². The van der Waals surface area contributed by atoms with Crippen LogP contribution in [0.15, 0.2) is 4.52 Å². The monoisotopic (exact) mass is 180 g/mol. The lowest BCUT2D eigenvalue weighted by molar-refractivity contribution is 0.264. The fourth-order valence-electron chi connectivity index (χ4n) is 1.95. The highest BCUT2D eigenvalue weighted by atomic mass is 16.5. The standard InChI is InChI=1S/C10H16N2O/c1-10(2)4-3-7-8(6-11)12-13-9(7)5-10/h3-6,11H2,1-2H3. The van der Waals surface area contributed by atoms with E-state index in [1.165, 1.54) is 12.0 Å². The van der Waals surface area contributed by atoms with Crippen LogP contribution in [0, 0.1) is 5.41 Å². The molecular formula is C10H16N2O. The van der Waals surface area contributed by atoms with Crippen molar-refractivity contribution in [3.63, 3.8) is 0 Å². The van der Waals surface area contributed by atoms with E-state index in [0.29, 0.717) is 12.0 Å². The summed E-state index contributed by atoms with van der Waals surface area (Å²) >= 11 is 0. The number of nitrogens with zero attached hydrogens (tertiary/aromatic N) is 1. The molecule has 3 nitrogen and oxygen atoms in total. The van der Waals surface area contributed by atoms with Crippen molar-refractivity contribution < 1.29 is 4.52 Å². The number of hydrogen-bond donors (Lipinski definition) is 1. The maximum atomic E-state index is 5.56. The summed E-state index contributed by atoms with van der Waals surface area (Å²) in [5.74, 6) is 1.05. The highest BCUT2D eigenvalue weighted by molar-refractivity contribution is 5.26. The Kier molecular flexibility index (Phi) is 1.91.